The van der Waals surface area contributed by atoms with E-state index in [-0.39, 0.29) is 47.5 Å². The third-order valence-corrected chi connectivity index (χ3v) is 4.40. The number of halogens is 1. The number of amides is 1. The number of fused-ring (bicyclic) bond motifs is 3. The Balaban J connectivity index is 2.24. The van der Waals surface area contributed by atoms with Gasteiger partial charge in [0.2, 0.25) is 0 Å². The lowest BCUT2D eigenvalue weighted by Gasteiger charge is -2.11. The first-order valence-electron chi connectivity index (χ1n) is 8.85. The van der Waals surface area contributed by atoms with Gasteiger partial charge in [0.05, 0.1) is 24.3 Å². The monoisotopic (exact) mass is 401 g/mol. The number of rotatable bonds is 3. The van der Waals surface area contributed by atoms with Crippen molar-refractivity contribution in [3.63, 3.8) is 0 Å². The zero-order chi connectivity index (χ0) is 21.3. The van der Waals surface area contributed by atoms with Crippen LogP contribution in [-0.4, -0.2) is 57.3 Å². The van der Waals surface area contributed by atoms with E-state index in [1.165, 1.54) is 27.0 Å². The maximum absolute atomic E-state index is 14.5. The SMILES string of the molecule is CNC(=O)c1c(C(C)=O)nc2n1CCOc1cc(F)c(C#C[C@](C)(O)CO)cc1-2. The van der Waals surface area contributed by atoms with Gasteiger partial charge in [-0.3, -0.25) is 9.59 Å². The van der Waals surface area contributed by atoms with Crippen LogP contribution < -0.4 is 10.1 Å². The zero-order valence-corrected chi connectivity index (χ0v) is 16.2. The highest BCUT2D eigenvalue weighted by Crippen LogP contribution is 2.35. The Labute approximate surface area is 166 Å². The first-order valence-corrected chi connectivity index (χ1v) is 8.85. The van der Waals surface area contributed by atoms with Gasteiger partial charge < -0.3 is 24.8 Å². The van der Waals surface area contributed by atoms with E-state index in [1.54, 1.807) is 4.57 Å². The van der Waals surface area contributed by atoms with Gasteiger partial charge in [-0.05, 0) is 13.0 Å². The molecule has 0 radical (unpaired) electrons. The van der Waals surface area contributed by atoms with Crippen LogP contribution in [0.1, 0.15) is 40.4 Å². The number of hydrogen-bond donors (Lipinski definition) is 3. The molecule has 29 heavy (non-hydrogen) atoms. The summed E-state index contributed by atoms with van der Waals surface area (Å²) in [6.07, 6.45) is 0. The van der Waals surface area contributed by atoms with Crippen LogP contribution in [0.15, 0.2) is 12.1 Å². The Morgan fingerprint density at radius 1 is 1.45 bits per heavy atom. The summed E-state index contributed by atoms with van der Waals surface area (Å²) in [7, 11) is 1.45. The number of ether oxygens (including phenoxy) is 1. The highest BCUT2D eigenvalue weighted by molar-refractivity contribution is 6.05. The highest BCUT2D eigenvalue weighted by Gasteiger charge is 2.29. The van der Waals surface area contributed by atoms with Gasteiger partial charge in [0, 0.05) is 20.0 Å². The third kappa shape index (κ3) is 3.85. The smallest absolute Gasteiger partial charge is 0.270 e. The first kappa shape index (κ1) is 20.5. The molecule has 152 valence electrons. The summed E-state index contributed by atoms with van der Waals surface area (Å²) in [6.45, 7) is 2.37. The number of ketones is 1. The second-order valence-corrected chi connectivity index (χ2v) is 6.78. The van der Waals surface area contributed by atoms with E-state index < -0.39 is 23.9 Å². The molecule has 0 saturated carbocycles. The lowest BCUT2D eigenvalue weighted by atomic mass is 10.1. The molecule has 1 atom stereocenters. The van der Waals surface area contributed by atoms with Crippen LogP contribution in [0.5, 0.6) is 5.75 Å². The molecule has 2 heterocycles. The Bertz CT molecular complexity index is 1060. The van der Waals surface area contributed by atoms with Gasteiger partial charge in [0.25, 0.3) is 5.91 Å². The fraction of sp³-hybridized carbons (Fsp3) is 0.350. The predicted octanol–water partition coefficient (Wildman–Crippen LogP) is 0.739. The normalized spacial score (nSPS) is 14.3. The molecule has 3 rings (SSSR count). The van der Waals surface area contributed by atoms with Gasteiger partial charge in [-0.25, -0.2) is 9.37 Å². The number of benzene rings is 1. The van der Waals surface area contributed by atoms with E-state index in [9.17, 15) is 19.1 Å². The summed E-state index contributed by atoms with van der Waals surface area (Å²) in [6, 6.07) is 2.52. The molecular weight excluding hydrogens is 381 g/mol. The van der Waals surface area contributed by atoms with Crippen LogP contribution in [-0.2, 0) is 6.54 Å². The van der Waals surface area contributed by atoms with E-state index >= 15 is 0 Å². The minimum atomic E-state index is -1.69. The van der Waals surface area contributed by atoms with Crippen molar-refractivity contribution < 1.29 is 28.9 Å². The van der Waals surface area contributed by atoms with Crippen LogP contribution in [0.25, 0.3) is 11.4 Å². The molecular formula is C20H20FN3O5. The second-order valence-electron chi connectivity index (χ2n) is 6.78. The number of carbonyl (C=O) groups excluding carboxylic acids is 2. The van der Waals surface area contributed by atoms with E-state index in [2.05, 4.69) is 22.1 Å². The van der Waals surface area contributed by atoms with E-state index in [4.69, 9.17) is 9.84 Å². The number of aliphatic hydroxyl groups is 2. The van der Waals surface area contributed by atoms with Crippen molar-refractivity contribution in [2.24, 2.45) is 0 Å². The van der Waals surface area contributed by atoms with Crippen molar-refractivity contribution in [3.8, 4) is 29.0 Å². The Morgan fingerprint density at radius 2 is 2.17 bits per heavy atom. The molecule has 9 heteroatoms. The van der Waals surface area contributed by atoms with Crippen LogP contribution in [0.3, 0.4) is 0 Å². The molecule has 8 nitrogen and oxygen atoms in total. The lowest BCUT2D eigenvalue weighted by Crippen LogP contribution is -2.26. The molecule has 1 aliphatic rings. The van der Waals surface area contributed by atoms with Crippen molar-refractivity contribution in [2.75, 3.05) is 20.3 Å². The highest BCUT2D eigenvalue weighted by atomic mass is 19.1. The van der Waals surface area contributed by atoms with E-state index in [0.29, 0.717) is 5.56 Å². The summed E-state index contributed by atoms with van der Waals surface area (Å²) in [5, 5.41) is 21.4. The molecule has 0 saturated heterocycles. The maximum atomic E-state index is 14.5. The van der Waals surface area contributed by atoms with Crippen molar-refractivity contribution in [1.82, 2.24) is 14.9 Å². The lowest BCUT2D eigenvalue weighted by molar-refractivity contribution is 0.0518. The summed E-state index contributed by atoms with van der Waals surface area (Å²) in [5.74, 6) is 3.86. The molecule has 1 aromatic carbocycles. The van der Waals surface area contributed by atoms with E-state index in [0.717, 1.165) is 6.07 Å². The Kier molecular flexibility index (Phi) is 5.42. The quantitative estimate of drug-likeness (QED) is 0.516. The predicted molar refractivity (Wildman–Crippen MR) is 101 cm³/mol. The number of imidazole rings is 1. The summed E-state index contributed by atoms with van der Waals surface area (Å²) < 4.78 is 21.7. The topological polar surface area (TPSA) is 114 Å². The molecule has 2 aromatic rings. The number of aliphatic hydroxyl groups excluding tert-OH is 1. The molecule has 0 fully saturated rings. The number of nitrogens with zero attached hydrogens (tertiary/aromatic N) is 2. The van der Waals surface area contributed by atoms with Crippen molar-refractivity contribution >= 4 is 11.7 Å². The Hall–Kier alpha value is -3.22. The average Bonchev–Trinajstić information content (AvgIpc) is 2.98. The van der Waals surface area contributed by atoms with Gasteiger partial charge in [-0.1, -0.05) is 11.8 Å². The van der Waals surface area contributed by atoms with E-state index in [1.807, 2.05) is 0 Å². The summed E-state index contributed by atoms with van der Waals surface area (Å²) >= 11 is 0. The number of aromatic nitrogens is 2. The minimum Gasteiger partial charge on any atom is -0.491 e. The number of carbonyl (C=O) groups is 2. The number of hydrogen-bond acceptors (Lipinski definition) is 6. The zero-order valence-electron chi connectivity index (χ0n) is 16.2. The average molecular weight is 401 g/mol. The molecule has 1 aliphatic heterocycles. The van der Waals surface area contributed by atoms with Crippen molar-refractivity contribution in [3.05, 3.63) is 34.9 Å². The number of Topliss-reactive ketones (excluding diaryl/α,β-unsaturated/α-hetero) is 1. The largest absolute Gasteiger partial charge is 0.491 e. The summed E-state index contributed by atoms with van der Waals surface area (Å²) in [4.78, 5) is 28.7. The third-order valence-electron chi connectivity index (χ3n) is 4.40. The molecule has 0 aliphatic carbocycles. The van der Waals surface area contributed by atoms with Gasteiger partial charge >= 0.3 is 0 Å². The van der Waals surface area contributed by atoms with Crippen LogP contribution in [0.2, 0.25) is 0 Å². The second kappa shape index (κ2) is 7.66. The van der Waals surface area contributed by atoms with Crippen LogP contribution >= 0.6 is 0 Å². The molecule has 0 bridgehead atoms. The summed E-state index contributed by atoms with van der Waals surface area (Å²) in [5.41, 5.74) is -1.28. The van der Waals surface area contributed by atoms with Gasteiger partial charge in [-0.15, -0.1) is 0 Å². The van der Waals surface area contributed by atoms with Crippen LogP contribution in [0, 0.1) is 17.7 Å². The van der Waals surface area contributed by atoms with Crippen molar-refractivity contribution in [1.29, 1.82) is 0 Å². The van der Waals surface area contributed by atoms with Gasteiger partial charge in [0.1, 0.15) is 41.0 Å². The number of nitrogens with one attached hydrogen (secondary N) is 1. The molecule has 1 amide bonds. The maximum Gasteiger partial charge on any atom is 0.270 e. The van der Waals surface area contributed by atoms with Gasteiger partial charge in [0.15, 0.2) is 5.78 Å². The molecule has 3 N–H and O–H groups in total. The van der Waals surface area contributed by atoms with Crippen LogP contribution in [0.4, 0.5) is 4.39 Å². The standard InChI is InChI=1S/C20H20FN3O5/c1-11(26)16-17(19(27)22-3)24-6-7-29-15-9-14(21)12(4-5-20(2,28)10-25)8-13(15)18(24)23-16/h8-9,25,28H,6-7,10H2,1-3H3,(H,22,27)/t20-/m0/s1. The fourth-order valence-corrected chi connectivity index (χ4v) is 2.90. The molecule has 0 unspecified atom stereocenters. The first-order chi connectivity index (χ1) is 13.7. The van der Waals surface area contributed by atoms with Crippen molar-refractivity contribution in [2.45, 2.75) is 26.0 Å². The minimum absolute atomic E-state index is 0.00683. The van der Waals surface area contributed by atoms with Gasteiger partial charge in [-0.2, -0.15) is 0 Å². The fourth-order valence-electron chi connectivity index (χ4n) is 2.90. The Morgan fingerprint density at radius 3 is 2.79 bits per heavy atom. The molecule has 0 spiro atoms. The molecule has 1 aromatic heterocycles.